The smallest absolute Gasteiger partial charge is 0.270 e. The van der Waals surface area contributed by atoms with E-state index in [0.717, 1.165) is 36.4 Å². The van der Waals surface area contributed by atoms with Crippen LogP contribution in [0.15, 0.2) is 17.5 Å². The van der Waals surface area contributed by atoms with Gasteiger partial charge >= 0.3 is 0 Å². The second-order valence-electron chi connectivity index (χ2n) is 4.74. The molecular weight excluding hydrogens is 262 g/mol. The number of hydrogen-bond acceptors (Lipinski definition) is 4. The average Bonchev–Trinajstić information content (AvgIpc) is 3.00. The molecule has 1 aliphatic rings. The van der Waals surface area contributed by atoms with Gasteiger partial charge in [-0.25, -0.2) is 0 Å². The summed E-state index contributed by atoms with van der Waals surface area (Å²) in [6, 6.07) is 3.93. The number of carbonyl (C=O) groups is 1. The summed E-state index contributed by atoms with van der Waals surface area (Å²) >= 11 is 1.64. The first-order valence-electron chi connectivity index (χ1n) is 6.46. The molecule has 19 heavy (non-hydrogen) atoms. The molecule has 6 heteroatoms. The SMILES string of the molecule is O=C(c1cc2sccc2[nH]1)N1CCN(CCO)CC1. The molecule has 0 unspecified atom stereocenters. The number of aromatic nitrogens is 1. The number of β-amino-alcohol motifs (C(OH)–C–C–N with tert-alkyl or cyclic N) is 1. The zero-order chi connectivity index (χ0) is 13.2. The van der Waals surface area contributed by atoms with Crippen molar-refractivity contribution >= 4 is 27.5 Å². The van der Waals surface area contributed by atoms with Crippen LogP contribution in [-0.4, -0.2) is 65.1 Å². The summed E-state index contributed by atoms with van der Waals surface area (Å²) in [6.07, 6.45) is 0. The molecule has 3 rings (SSSR count). The van der Waals surface area contributed by atoms with Crippen LogP contribution in [0.25, 0.3) is 10.2 Å². The fraction of sp³-hybridized carbons (Fsp3) is 0.462. The third kappa shape index (κ3) is 2.51. The second kappa shape index (κ2) is 5.32. The lowest BCUT2D eigenvalue weighted by Gasteiger charge is -2.34. The maximum atomic E-state index is 12.4. The lowest BCUT2D eigenvalue weighted by Crippen LogP contribution is -2.49. The Morgan fingerprint density at radius 1 is 1.37 bits per heavy atom. The molecule has 2 N–H and O–H groups in total. The van der Waals surface area contributed by atoms with Gasteiger partial charge in [0.25, 0.3) is 5.91 Å². The van der Waals surface area contributed by atoms with Crippen molar-refractivity contribution < 1.29 is 9.90 Å². The number of fused-ring (bicyclic) bond motifs is 1. The number of rotatable bonds is 3. The van der Waals surface area contributed by atoms with E-state index in [2.05, 4.69) is 9.88 Å². The Labute approximate surface area is 115 Å². The number of aliphatic hydroxyl groups is 1. The molecule has 3 heterocycles. The van der Waals surface area contributed by atoms with Crippen molar-refractivity contribution in [1.29, 1.82) is 0 Å². The van der Waals surface area contributed by atoms with E-state index in [-0.39, 0.29) is 12.5 Å². The molecular formula is C13H17N3O2S. The van der Waals surface area contributed by atoms with Gasteiger partial charge in [0.15, 0.2) is 0 Å². The summed E-state index contributed by atoms with van der Waals surface area (Å²) in [4.78, 5) is 19.6. The van der Waals surface area contributed by atoms with Crippen molar-refractivity contribution in [1.82, 2.24) is 14.8 Å². The summed E-state index contributed by atoms with van der Waals surface area (Å²) in [7, 11) is 0. The molecule has 2 aromatic rings. The number of H-pyrrole nitrogens is 1. The first-order chi connectivity index (χ1) is 9.28. The topological polar surface area (TPSA) is 59.6 Å². The summed E-state index contributed by atoms with van der Waals surface area (Å²) < 4.78 is 1.13. The molecule has 5 nitrogen and oxygen atoms in total. The standard InChI is InChI=1S/C13H17N3O2S/c17-7-6-15-2-4-16(5-3-15)13(18)11-9-12-10(14-11)1-8-19-12/h1,8-9,14,17H,2-7H2. The number of nitrogens with zero attached hydrogens (tertiary/aromatic N) is 2. The van der Waals surface area contributed by atoms with Crippen LogP contribution in [0.1, 0.15) is 10.5 Å². The Kier molecular flexibility index (Phi) is 3.54. The predicted molar refractivity (Wildman–Crippen MR) is 75.6 cm³/mol. The van der Waals surface area contributed by atoms with Crippen LogP contribution < -0.4 is 0 Å². The molecule has 2 aromatic heterocycles. The molecule has 0 bridgehead atoms. The highest BCUT2D eigenvalue weighted by atomic mass is 32.1. The molecule has 0 aliphatic carbocycles. The van der Waals surface area contributed by atoms with Gasteiger partial charge in [-0.3, -0.25) is 9.69 Å². The average molecular weight is 279 g/mol. The monoisotopic (exact) mass is 279 g/mol. The van der Waals surface area contributed by atoms with Crippen LogP contribution in [0.3, 0.4) is 0 Å². The minimum atomic E-state index is 0.0760. The number of carbonyl (C=O) groups excluding carboxylic acids is 1. The highest BCUT2D eigenvalue weighted by molar-refractivity contribution is 7.17. The maximum absolute atomic E-state index is 12.4. The zero-order valence-corrected chi connectivity index (χ0v) is 11.4. The number of piperazine rings is 1. The van der Waals surface area contributed by atoms with E-state index < -0.39 is 0 Å². The molecule has 0 radical (unpaired) electrons. The van der Waals surface area contributed by atoms with Gasteiger partial charge in [0.1, 0.15) is 5.69 Å². The van der Waals surface area contributed by atoms with Gasteiger partial charge in [0, 0.05) is 32.7 Å². The lowest BCUT2D eigenvalue weighted by atomic mass is 10.3. The van der Waals surface area contributed by atoms with Crippen molar-refractivity contribution in [3.8, 4) is 0 Å². The van der Waals surface area contributed by atoms with Crippen LogP contribution in [-0.2, 0) is 0 Å². The summed E-state index contributed by atoms with van der Waals surface area (Å²) in [5.74, 6) is 0.0760. The third-order valence-electron chi connectivity index (χ3n) is 3.55. The lowest BCUT2D eigenvalue weighted by molar-refractivity contribution is 0.0610. The highest BCUT2D eigenvalue weighted by Gasteiger charge is 2.22. The molecule has 1 aliphatic heterocycles. The fourth-order valence-electron chi connectivity index (χ4n) is 2.45. The van der Waals surface area contributed by atoms with Gasteiger partial charge in [0.2, 0.25) is 0 Å². The van der Waals surface area contributed by atoms with Crippen LogP contribution in [0.2, 0.25) is 0 Å². The zero-order valence-electron chi connectivity index (χ0n) is 10.6. The van der Waals surface area contributed by atoms with Gasteiger partial charge in [-0.15, -0.1) is 11.3 Å². The molecule has 1 fully saturated rings. The van der Waals surface area contributed by atoms with Crippen molar-refractivity contribution in [2.24, 2.45) is 0 Å². The molecule has 0 aromatic carbocycles. The molecule has 0 spiro atoms. The fourth-order valence-corrected chi connectivity index (χ4v) is 3.23. The van der Waals surface area contributed by atoms with Gasteiger partial charge in [0.05, 0.1) is 16.8 Å². The highest BCUT2D eigenvalue weighted by Crippen LogP contribution is 2.22. The van der Waals surface area contributed by atoms with Crippen LogP contribution in [0.4, 0.5) is 0 Å². The van der Waals surface area contributed by atoms with Crippen LogP contribution in [0, 0.1) is 0 Å². The second-order valence-corrected chi connectivity index (χ2v) is 5.69. The first kappa shape index (κ1) is 12.7. The van der Waals surface area contributed by atoms with Crippen molar-refractivity contribution in [2.45, 2.75) is 0 Å². The quantitative estimate of drug-likeness (QED) is 0.880. The first-order valence-corrected chi connectivity index (χ1v) is 7.34. The van der Waals surface area contributed by atoms with E-state index in [4.69, 9.17) is 5.11 Å². The number of aromatic amines is 1. The van der Waals surface area contributed by atoms with E-state index in [1.807, 2.05) is 22.4 Å². The summed E-state index contributed by atoms with van der Waals surface area (Å²) in [5.41, 5.74) is 1.71. The van der Waals surface area contributed by atoms with Crippen LogP contribution >= 0.6 is 11.3 Å². The maximum Gasteiger partial charge on any atom is 0.270 e. The Morgan fingerprint density at radius 3 is 2.84 bits per heavy atom. The molecule has 1 saturated heterocycles. The normalized spacial score (nSPS) is 17.2. The Hall–Kier alpha value is -1.37. The number of aliphatic hydroxyl groups excluding tert-OH is 1. The number of thiophene rings is 1. The molecule has 0 atom stereocenters. The summed E-state index contributed by atoms with van der Waals surface area (Å²) in [5, 5.41) is 10.9. The van der Waals surface area contributed by atoms with Gasteiger partial charge in [-0.1, -0.05) is 0 Å². The summed E-state index contributed by atoms with van der Waals surface area (Å²) in [6.45, 7) is 4.00. The molecule has 1 amide bonds. The molecule has 0 saturated carbocycles. The van der Waals surface area contributed by atoms with Gasteiger partial charge < -0.3 is 15.0 Å². The van der Waals surface area contributed by atoms with Gasteiger partial charge in [-0.2, -0.15) is 0 Å². The number of amides is 1. The Balaban J connectivity index is 1.66. The van der Waals surface area contributed by atoms with Gasteiger partial charge in [-0.05, 0) is 17.5 Å². The number of hydrogen-bond donors (Lipinski definition) is 2. The Bertz CT molecular complexity index is 541. The van der Waals surface area contributed by atoms with Crippen molar-refractivity contribution in [3.63, 3.8) is 0 Å². The van der Waals surface area contributed by atoms with Crippen molar-refractivity contribution in [3.05, 3.63) is 23.2 Å². The van der Waals surface area contributed by atoms with E-state index in [1.165, 1.54) is 0 Å². The third-order valence-corrected chi connectivity index (χ3v) is 4.41. The van der Waals surface area contributed by atoms with E-state index in [9.17, 15) is 4.79 Å². The molecule has 102 valence electrons. The van der Waals surface area contributed by atoms with Crippen molar-refractivity contribution in [2.75, 3.05) is 39.3 Å². The largest absolute Gasteiger partial charge is 0.395 e. The van der Waals surface area contributed by atoms with E-state index in [0.29, 0.717) is 12.2 Å². The number of nitrogens with one attached hydrogen (secondary N) is 1. The van der Waals surface area contributed by atoms with E-state index >= 15 is 0 Å². The van der Waals surface area contributed by atoms with E-state index in [1.54, 1.807) is 11.3 Å². The van der Waals surface area contributed by atoms with Crippen LogP contribution in [0.5, 0.6) is 0 Å². The minimum absolute atomic E-state index is 0.0760. The Morgan fingerprint density at radius 2 is 2.16 bits per heavy atom. The minimum Gasteiger partial charge on any atom is -0.395 e. The predicted octanol–water partition coefficient (Wildman–Crippen LogP) is 0.979.